The zero-order chi connectivity index (χ0) is 6.62. The van der Waals surface area contributed by atoms with Crippen molar-refractivity contribution in [3.8, 4) is 11.5 Å². The summed E-state index contributed by atoms with van der Waals surface area (Å²) in [6.07, 6.45) is 0. The quantitative estimate of drug-likeness (QED) is 0.314. The van der Waals surface area contributed by atoms with Crippen molar-refractivity contribution in [3.63, 3.8) is 0 Å². The molecule has 0 amide bonds. The average Bonchev–Trinajstić information content (AvgIpc) is 1.59. The van der Waals surface area contributed by atoms with Crippen molar-refractivity contribution in [2.75, 3.05) is 0 Å². The molecule has 9 heavy (non-hydrogen) atoms. The minimum Gasteiger partial charge on any atom is -0.153 e. The van der Waals surface area contributed by atoms with E-state index in [1.165, 1.54) is 6.04 Å². The molecule has 0 saturated heterocycles. The summed E-state index contributed by atoms with van der Waals surface area (Å²) in [7, 11) is 0.214. The first-order valence-corrected chi connectivity index (χ1v) is 7.66. The van der Waals surface area contributed by atoms with Crippen LogP contribution < -0.4 is 0 Å². The van der Waals surface area contributed by atoms with Crippen LogP contribution in [0.15, 0.2) is 0 Å². The molecule has 0 rings (SSSR count). The molecule has 0 heterocycles. The maximum absolute atomic E-state index is 3.16. The smallest absolute Gasteiger partial charge is 0.0906 e. The Morgan fingerprint density at radius 1 is 1.33 bits per heavy atom. The maximum Gasteiger partial charge on any atom is 0.0906 e. The molecule has 54 valence electrons. The van der Waals surface area contributed by atoms with Crippen LogP contribution in [0.3, 0.4) is 0 Å². The minimum atomic E-state index is -0.830. The molecule has 0 aromatic heterocycles. The standard InChI is InChI=1S/C6H14Si2.H3P/c1-8(2,3)6-4-5-7;/h6H2,1-3,7H3;1H3. The fraction of sp³-hybridized carbons (Fsp3) is 0.667. The Bertz CT molecular complexity index is 115. The topological polar surface area (TPSA) is 0 Å². The Hall–Kier alpha value is 0.424. The Kier molecular flexibility index (Phi) is 7.05. The van der Waals surface area contributed by atoms with Crippen molar-refractivity contribution in [2.24, 2.45) is 0 Å². The van der Waals surface area contributed by atoms with Crippen LogP contribution in [0, 0.1) is 11.5 Å². The molecule has 0 aromatic rings. The second-order valence-corrected chi connectivity index (χ2v) is 9.14. The molecule has 0 bridgehead atoms. The molecule has 0 saturated carbocycles. The molecule has 0 nitrogen and oxygen atoms in total. The summed E-state index contributed by atoms with van der Waals surface area (Å²) in [6.45, 7) is 7.04. The highest BCUT2D eigenvalue weighted by molar-refractivity contribution is 6.92. The predicted molar refractivity (Wildman–Crippen MR) is 57.0 cm³/mol. The number of rotatable bonds is 1. The Morgan fingerprint density at radius 3 is 1.89 bits per heavy atom. The summed E-state index contributed by atoms with van der Waals surface area (Å²) in [5.74, 6) is 3.16. The third-order valence-electron chi connectivity index (χ3n) is 0.795. The molecule has 1 unspecified atom stereocenters. The van der Waals surface area contributed by atoms with Crippen molar-refractivity contribution in [1.29, 1.82) is 0 Å². The van der Waals surface area contributed by atoms with Crippen LogP contribution in [0.1, 0.15) is 0 Å². The summed E-state index contributed by atoms with van der Waals surface area (Å²) in [5, 5.41) is 0. The van der Waals surface area contributed by atoms with E-state index in [0.29, 0.717) is 0 Å². The summed E-state index contributed by atoms with van der Waals surface area (Å²) >= 11 is 0. The highest BCUT2D eigenvalue weighted by Gasteiger charge is 2.09. The number of hydrogen-bond donors (Lipinski definition) is 0. The van der Waals surface area contributed by atoms with Crippen LogP contribution in [0.5, 0.6) is 0 Å². The molecular formula is C6H17PSi2. The fourth-order valence-electron chi connectivity index (χ4n) is 0.354. The van der Waals surface area contributed by atoms with Gasteiger partial charge in [-0.2, -0.15) is 9.90 Å². The van der Waals surface area contributed by atoms with Gasteiger partial charge in [0.1, 0.15) is 0 Å². The van der Waals surface area contributed by atoms with Crippen LogP contribution >= 0.6 is 9.90 Å². The van der Waals surface area contributed by atoms with E-state index in [0.717, 1.165) is 10.2 Å². The largest absolute Gasteiger partial charge is 0.153 e. The maximum atomic E-state index is 3.16. The molecule has 0 aliphatic rings. The first kappa shape index (κ1) is 12.1. The molecule has 0 aromatic carbocycles. The van der Waals surface area contributed by atoms with Crippen molar-refractivity contribution in [3.05, 3.63) is 0 Å². The lowest BCUT2D eigenvalue weighted by atomic mass is 10.8. The first-order chi connectivity index (χ1) is 3.56. The van der Waals surface area contributed by atoms with Crippen molar-refractivity contribution >= 4 is 28.2 Å². The molecule has 0 aliphatic heterocycles. The predicted octanol–water partition coefficient (Wildman–Crippen LogP) is 0.709. The lowest BCUT2D eigenvalue weighted by molar-refractivity contribution is 1.57. The Labute approximate surface area is 65.9 Å². The lowest BCUT2D eigenvalue weighted by Gasteiger charge is -2.09. The van der Waals surface area contributed by atoms with E-state index in [4.69, 9.17) is 0 Å². The molecule has 1 atom stereocenters. The number of hydrogen-bond acceptors (Lipinski definition) is 0. The van der Waals surface area contributed by atoms with E-state index in [-0.39, 0.29) is 9.90 Å². The van der Waals surface area contributed by atoms with Crippen LogP contribution in [0.2, 0.25) is 25.7 Å². The van der Waals surface area contributed by atoms with Gasteiger partial charge in [-0.1, -0.05) is 19.6 Å². The van der Waals surface area contributed by atoms with Crippen LogP contribution in [-0.4, -0.2) is 18.3 Å². The van der Waals surface area contributed by atoms with E-state index >= 15 is 0 Å². The molecule has 0 N–H and O–H groups in total. The van der Waals surface area contributed by atoms with Gasteiger partial charge in [-0.25, -0.2) is 0 Å². The zero-order valence-electron chi connectivity index (χ0n) is 6.91. The monoisotopic (exact) mass is 176 g/mol. The molecule has 0 aliphatic carbocycles. The zero-order valence-corrected chi connectivity index (χ0v) is 11.3. The minimum absolute atomic E-state index is 0. The highest BCUT2D eigenvalue weighted by Crippen LogP contribution is 2.04. The van der Waals surface area contributed by atoms with Gasteiger partial charge in [0.15, 0.2) is 0 Å². The second-order valence-electron chi connectivity index (χ2n) is 3.16. The SMILES string of the molecule is C[Si](C)(C)CC#C[SiH3].P. The third kappa shape index (κ3) is 11.8. The molecule has 3 heteroatoms. The van der Waals surface area contributed by atoms with Gasteiger partial charge in [-0.3, -0.25) is 0 Å². The Morgan fingerprint density at radius 2 is 1.78 bits per heavy atom. The van der Waals surface area contributed by atoms with Crippen LogP contribution in [0.4, 0.5) is 0 Å². The lowest BCUT2D eigenvalue weighted by Crippen LogP contribution is -2.17. The van der Waals surface area contributed by atoms with Gasteiger partial charge < -0.3 is 0 Å². The van der Waals surface area contributed by atoms with Crippen LogP contribution in [-0.2, 0) is 0 Å². The normalized spacial score (nSPS) is 9.22. The van der Waals surface area contributed by atoms with E-state index in [1.54, 1.807) is 0 Å². The van der Waals surface area contributed by atoms with E-state index < -0.39 is 8.07 Å². The fourth-order valence-corrected chi connectivity index (χ4v) is 1.59. The molecule has 0 spiro atoms. The third-order valence-corrected chi connectivity index (χ3v) is 2.39. The van der Waals surface area contributed by atoms with Crippen molar-refractivity contribution in [2.45, 2.75) is 25.7 Å². The molecule has 0 radical (unpaired) electrons. The summed E-state index contributed by atoms with van der Waals surface area (Å²) in [4.78, 5) is 0. The van der Waals surface area contributed by atoms with Gasteiger partial charge >= 0.3 is 0 Å². The summed E-state index contributed by atoms with van der Waals surface area (Å²) in [5.41, 5.74) is 3.05. The van der Waals surface area contributed by atoms with Crippen LogP contribution in [0.25, 0.3) is 0 Å². The second kappa shape index (κ2) is 5.23. The summed E-state index contributed by atoms with van der Waals surface area (Å²) < 4.78 is 0. The van der Waals surface area contributed by atoms with E-state index in [9.17, 15) is 0 Å². The van der Waals surface area contributed by atoms with Gasteiger partial charge in [0.25, 0.3) is 0 Å². The van der Waals surface area contributed by atoms with Gasteiger partial charge in [0.2, 0.25) is 0 Å². The summed E-state index contributed by atoms with van der Waals surface area (Å²) in [6, 6.07) is 1.18. The molecule has 0 fully saturated rings. The van der Waals surface area contributed by atoms with Gasteiger partial charge in [0.05, 0.1) is 18.3 Å². The Balaban J connectivity index is 0. The van der Waals surface area contributed by atoms with Crippen molar-refractivity contribution in [1.82, 2.24) is 0 Å². The van der Waals surface area contributed by atoms with E-state index in [2.05, 4.69) is 31.1 Å². The van der Waals surface area contributed by atoms with Gasteiger partial charge in [-0.15, -0.1) is 11.5 Å². The average molecular weight is 176 g/mol. The van der Waals surface area contributed by atoms with Crippen molar-refractivity contribution < 1.29 is 0 Å². The molecular weight excluding hydrogens is 159 g/mol. The van der Waals surface area contributed by atoms with Gasteiger partial charge in [0, 0.05) is 6.04 Å². The van der Waals surface area contributed by atoms with Gasteiger partial charge in [-0.05, 0) is 0 Å². The van der Waals surface area contributed by atoms with E-state index in [1.807, 2.05) is 0 Å². The highest BCUT2D eigenvalue weighted by atomic mass is 31.0. The first-order valence-electron chi connectivity index (χ1n) is 2.96.